The van der Waals surface area contributed by atoms with Gasteiger partial charge in [-0.25, -0.2) is 4.79 Å². The van der Waals surface area contributed by atoms with Crippen LogP contribution in [0.2, 0.25) is 0 Å². The fourth-order valence-corrected chi connectivity index (χ4v) is 1.56. The van der Waals surface area contributed by atoms with Gasteiger partial charge in [0.25, 0.3) is 5.56 Å². The number of furan rings is 1. The summed E-state index contributed by atoms with van der Waals surface area (Å²) in [5, 5.41) is 9.41. The number of rotatable bonds is 1. The number of nitrogens with one attached hydrogen (secondary N) is 2. The Morgan fingerprint density at radius 2 is 2.07 bits per heavy atom. The second-order valence-electron chi connectivity index (χ2n) is 2.73. The molecule has 6 nitrogen and oxygen atoms in total. The van der Waals surface area contributed by atoms with Gasteiger partial charge in [0.1, 0.15) is 5.56 Å². The molecule has 7 heteroatoms. The van der Waals surface area contributed by atoms with Gasteiger partial charge in [0.2, 0.25) is 5.88 Å². The van der Waals surface area contributed by atoms with E-state index in [-0.39, 0.29) is 11.3 Å². The molecular formula is C8H5BrN2O4. The van der Waals surface area contributed by atoms with Crippen LogP contribution in [0.1, 0.15) is 0 Å². The van der Waals surface area contributed by atoms with Crippen molar-refractivity contribution in [2.75, 3.05) is 0 Å². The van der Waals surface area contributed by atoms with Crippen molar-refractivity contribution in [1.82, 2.24) is 9.97 Å². The minimum absolute atomic E-state index is 0.119. The van der Waals surface area contributed by atoms with Crippen molar-refractivity contribution < 1.29 is 9.52 Å². The lowest BCUT2D eigenvalue weighted by Crippen LogP contribution is -2.23. The molecule has 2 heterocycles. The van der Waals surface area contributed by atoms with Gasteiger partial charge in [-0.05, 0) is 22.0 Å². The van der Waals surface area contributed by atoms with Crippen LogP contribution in [0.5, 0.6) is 5.88 Å². The van der Waals surface area contributed by atoms with Crippen molar-refractivity contribution in [2.45, 2.75) is 0 Å². The smallest absolute Gasteiger partial charge is 0.328 e. The average molecular weight is 273 g/mol. The minimum Gasteiger partial charge on any atom is -0.494 e. The van der Waals surface area contributed by atoms with E-state index in [9.17, 15) is 14.7 Å². The molecule has 0 saturated heterocycles. The Labute approximate surface area is 90.7 Å². The molecule has 15 heavy (non-hydrogen) atoms. The molecule has 0 bridgehead atoms. The number of aromatic amines is 2. The van der Waals surface area contributed by atoms with Crippen LogP contribution >= 0.6 is 15.9 Å². The summed E-state index contributed by atoms with van der Waals surface area (Å²) in [6, 6.07) is 1.57. The Morgan fingerprint density at radius 1 is 1.33 bits per heavy atom. The molecule has 78 valence electrons. The van der Waals surface area contributed by atoms with Crippen molar-refractivity contribution in [1.29, 1.82) is 0 Å². The SMILES string of the molecule is O=c1[nH]c(O)c(-c2occc2Br)c(=O)[nH]1. The van der Waals surface area contributed by atoms with E-state index in [1.807, 2.05) is 4.98 Å². The Hall–Kier alpha value is -1.76. The molecule has 0 aliphatic carbocycles. The van der Waals surface area contributed by atoms with Crippen molar-refractivity contribution in [3.8, 4) is 17.2 Å². The monoisotopic (exact) mass is 272 g/mol. The van der Waals surface area contributed by atoms with Gasteiger partial charge in [0, 0.05) is 0 Å². The van der Waals surface area contributed by atoms with E-state index in [0.29, 0.717) is 4.47 Å². The van der Waals surface area contributed by atoms with Gasteiger partial charge in [0.15, 0.2) is 5.76 Å². The number of aromatic nitrogens is 2. The van der Waals surface area contributed by atoms with Crippen LogP contribution in [0, 0.1) is 0 Å². The van der Waals surface area contributed by atoms with E-state index >= 15 is 0 Å². The fraction of sp³-hybridized carbons (Fsp3) is 0. The van der Waals surface area contributed by atoms with E-state index < -0.39 is 17.1 Å². The van der Waals surface area contributed by atoms with Crippen LogP contribution in [0.3, 0.4) is 0 Å². The normalized spacial score (nSPS) is 10.5. The first-order valence-electron chi connectivity index (χ1n) is 3.88. The lowest BCUT2D eigenvalue weighted by atomic mass is 10.2. The maximum atomic E-state index is 11.4. The highest BCUT2D eigenvalue weighted by Gasteiger charge is 2.16. The summed E-state index contributed by atoms with van der Waals surface area (Å²) in [7, 11) is 0. The number of aromatic hydroxyl groups is 1. The number of H-pyrrole nitrogens is 2. The minimum atomic E-state index is -0.774. The lowest BCUT2D eigenvalue weighted by molar-refractivity contribution is 0.447. The standard InChI is InChI=1S/C8H5BrN2O4/c9-3-1-2-15-5(3)4-6(12)10-8(14)11-7(4)13/h1-2H,(H3,10,11,12,13,14). The first kappa shape index (κ1) is 9.78. The summed E-state index contributed by atoms with van der Waals surface area (Å²) >= 11 is 3.14. The van der Waals surface area contributed by atoms with E-state index in [0.717, 1.165) is 0 Å². The number of hydrogen-bond acceptors (Lipinski definition) is 4. The molecule has 0 atom stereocenters. The summed E-state index contributed by atoms with van der Waals surface area (Å²) < 4.78 is 5.51. The Balaban J connectivity index is 2.80. The largest absolute Gasteiger partial charge is 0.494 e. The molecule has 0 aliphatic rings. The molecule has 2 rings (SSSR count). The average Bonchev–Trinajstić information content (AvgIpc) is 2.50. The molecule has 0 saturated carbocycles. The lowest BCUT2D eigenvalue weighted by Gasteiger charge is -1.99. The second kappa shape index (κ2) is 3.43. The quantitative estimate of drug-likeness (QED) is 0.715. The molecule has 0 unspecified atom stereocenters. The van der Waals surface area contributed by atoms with Crippen molar-refractivity contribution in [3.05, 3.63) is 37.6 Å². The molecule has 2 aromatic rings. The third kappa shape index (κ3) is 1.61. The van der Waals surface area contributed by atoms with Gasteiger partial charge >= 0.3 is 5.69 Å². The highest BCUT2D eigenvalue weighted by molar-refractivity contribution is 9.10. The zero-order valence-electron chi connectivity index (χ0n) is 7.20. The maximum absolute atomic E-state index is 11.4. The molecule has 0 amide bonds. The molecule has 0 fully saturated rings. The Morgan fingerprint density at radius 3 is 2.60 bits per heavy atom. The van der Waals surface area contributed by atoms with Gasteiger partial charge in [-0.2, -0.15) is 0 Å². The van der Waals surface area contributed by atoms with E-state index in [4.69, 9.17) is 4.42 Å². The first-order chi connectivity index (χ1) is 7.09. The van der Waals surface area contributed by atoms with E-state index in [2.05, 4.69) is 20.9 Å². The highest BCUT2D eigenvalue weighted by Crippen LogP contribution is 2.30. The fourth-order valence-electron chi connectivity index (χ4n) is 1.16. The van der Waals surface area contributed by atoms with Crippen LogP contribution in [-0.2, 0) is 0 Å². The molecular weight excluding hydrogens is 268 g/mol. The zero-order valence-corrected chi connectivity index (χ0v) is 8.79. The summed E-state index contributed by atoms with van der Waals surface area (Å²) in [6.07, 6.45) is 1.35. The van der Waals surface area contributed by atoms with Crippen LogP contribution in [0.15, 0.2) is 30.8 Å². The van der Waals surface area contributed by atoms with Crippen LogP contribution in [0.4, 0.5) is 0 Å². The van der Waals surface area contributed by atoms with Crippen LogP contribution in [-0.4, -0.2) is 15.1 Å². The zero-order chi connectivity index (χ0) is 11.0. The summed E-state index contributed by atoms with van der Waals surface area (Å²) in [6.45, 7) is 0. The van der Waals surface area contributed by atoms with Gasteiger partial charge in [-0.15, -0.1) is 0 Å². The van der Waals surface area contributed by atoms with Gasteiger partial charge in [-0.3, -0.25) is 14.8 Å². The molecule has 0 radical (unpaired) electrons. The topological polar surface area (TPSA) is 99.1 Å². The van der Waals surface area contributed by atoms with Crippen molar-refractivity contribution in [3.63, 3.8) is 0 Å². The Kier molecular flexibility index (Phi) is 2.24. The second-order valence-corrected chi connectivity index (χ2v) is 3.58. The Bertz CT molecular complexity index is 610. The van der Waals surface area contributed by atoms with Crippen molar-refractivity contribution >= 4 is 15.9 Å². The summed E-state index contributed by atoms with van der Waals surface area (Å²) in [5.74, 6) is -0.371. The van der Waals surface area contributed by atoms with Gasteiger partial charge in [0.05, 0.1) is 10.7 Å². The predicted octanol–water partition coefficient (Wildman–Crippen LogP) is 0.791. The predicted molar refractivity (Wildman–Crippen MR) is 54.8 cm³/mol. The third-order valence-corrected chi connectivity index (χ3v) is 2.39. The van der Waals surface area contributed by atoms with E-state index in [1.165, 1.54) is 6.26 Å². The molecule has 0 spiro atoms. The van der Waals surface area contributed by atoms with Crippen LogP contribution in [0.25, 0.3) is 11.3 Å². The molecule has 3 N–H and O–H groups in total. The first-order valence-corrected chi connectivity index (χ1v) is 4.68. The molecule has 2 aromatic heterocycles. The van der Waals surface area contributed by atoms with Gasteiger partial charge < -0.3 is 9.52 Å². The maximum Gasteiger partial charge on any atom is 0.328 e. The highest BCUT2D eigenvalue weighted by atomic mass is 79.9. The molecule has 0 aliphatic heterocycles. The van der Waals surface area contributed by atoms with Crippen LogP contribution < -0.4 is 11.2 Å². The van der Waals surface area contributed by atoms with Gasteiger partial charge in [-0.1, -0.05) is 0 Å². The van der Waals surface area contributed by atoms with E-state index in [1.54, 1.807) is 6.07 Å². The molecule has 0 aromatic carbocycles. The third-order valence-electron chi connectivity index (χ3n) is 1.77. The number of hydrogen-bond donors (Lipinski definition) is 3. The summed E-state index contributed by atoms with van der Waals surface area (Å²) in [4.78, 5) is 26.2. The number of halogens is 1. The van der Waals surface area contributed by atoms with Crippen molar-refractivity contribution in [2.24, 2.45) is 0 Å². The summed E-state index contributed by atoms with van der Waals surface area (Å²) in [5.41, 5.74) is -1.61.